The fraction of sp³-hybridized carbons (Fsp3) is 0.462. The van der Waals surface area contributed by atoms with E-state index in [1.54, 1.807) is 7.11 Å². The minimum atomic E-state index is -0.580. The minimum absolute atomic E-state index is 0.0220. The van der Waals surface area contributed by atoms with Crippen LogP contribution in [-0.2, 0) is 16.0 Å². The second-order valence-corrected chi connectivity index (χ2v) is 8.70. The number of benzene rings is 2. The van der Waals surface area contributed by atoms with Crippen molar-refractivity contribution in [1.29, 1.82) is 0 Å². The van der Waals surface area contributed by atoms with Gasteiger partial charge in [0.15, 0.2) is 0 Å². The number of para-hydroxylation sites is 1. The molecule has 0 saturated carbocycles. The van der Waals surface area contributed by atoms with Crippen molar-refractivity contribution >= 4 is 11.8 Å². The molecular weight excluding hydrogens is 402 g/mol. The van der Waals surface area contributed by atoms with E-state index < -0.39 is 6.04 Å². The van der Waals surface area contributed by atoms with Crippen LogP contribution >= 0.6 is 0 Å². The Kier molecular flexibility index (Phi) is 8.68. The SMILES string of the molecule is COc1ccccc1[C@@H](CNC(=O)[C@@H](NC(=O)Cc1ccccc1)C(C)C)N1CCCC1. The minimum Gasteiger partial charge on any atom is -0.496 e. The first-order valence-electron chi connectivity index (χ1n) is 11.5. The molecule has 1 aliphatic heterocycles. The zero-order valence-corrected chi connectivity index (χ0v) is 19.3. The van der Waals surface area contributed by atoms with Gasteiger partial charge >= 0.3 is 0 Å². The number of carbonyl (C=O) groups excluding carboxylic acids is 2. The summed E-state index contributed by atoms with van der Waals surface area (Å²) in [5, 5.41) is 6.04. The van der Waals surface area contributed by atoms with Crippen LogP contribution in [0, 0.1) is 5.92 Å². The molecule has 6 nitrogen and oxygen atoms in total. The number of rotatable bonds is 10. The molecular formula is C26H35N3O3. The summed E-state index contributed by atoms with van der Waals surface area (Å²) in [5.41, 5.74) is 2.00. The van der Waals surface area contributed by atoms with Crippen molar-refractivity contribution in [3.05, 3.63) is 65.7 Å². The molecule has 3 rings (SSSR count). The van der Waals surface area contributed by atoms with Gasteiger partial charge in [-0.2, -0.15) is 0 Å². The smallest absolute Gasteiger partial charge is 0.242 e. The third kappa shape index (κ3) is 6.33. The van der Waals surface area contributed by atoms with Gasteiger partial charge in [0, 0.05) is 12.1 Å². The van der Waals surface area contributed by atoms with Gasteiger partial charge in [-0.25, -0.2) is 0 Å². The van der Waals surface area contributed by atoms with Crippen LogP contribution in [0.5, 0.6) is 5.75 Å². The van der Waals surface area contributed by atoms with Crippen LogP contribution in [0.1, 0.15) is 43.9 Å². The predicted octanol–water partition coefficient (Wildman–Crippen LogP) is 3.33. The summed E-state index contributed by atoms with van der Waals surface area (Å²) in [6.07, 6.45) is 2.57. The lowest BCUT2D eigenvalue weighted by atomic mass is 10.0. The lowest BCUT2D eigenvalue weighted by Crippen LogP contribution is -2.51. The van der Waals surface area contributed by atoms with E-state index >= 15 is 0 Å². The van der Waals surface area contributed by atoms with Crippen molar-refractivity contribution in [2.75, 3.05) is 26.7 Å². The fourth-order valence-electron chi connectivity index (χ4n) is 4.28. The van der Waals surface area contributed by atoms with Crippen molar-refractivity contribution in [2.24, 2.45) is 5.92 Å². The molecule has 2 aromatic rings. The molecule has 0 aromatic heterocycles. The quantitative estimate of drug-likeness (QED) is 0.598. The molecule has 1 aliphatic rings. The zero-order valence-electron chi connectivity index (χ0n) is 19.3. The number of likely N-dealkylation sites (tertiary alicyclic amines) is 1. The van der Waals surface area contributed by atoms with Gasteiger partial charge in [-0.3, -0.25) is 14.5 Å². The number of nitrogens with one attached hydrogen (secondary N) is 2. The number of amides is 2. The second-order valence-electron chi connectivity index (χ2n) is 8.70. The van der Waals surface area contributed by atoms with Gasteiger partial charge in [-0.1, -0.05) is 62.4 Å². The number of carbonyl (C=O) groups is 2. The molecule has 2 N–H and O–H groups in total. The number of hydrogen-bond acceptors (Lipinski definition) is 4. The van der Waals surface area contributed by atoms with E-state index in [-0.39, 0.29) is 30.2 Å². The molecule has 1 saturated heterocycles. The van der Waals surface area contributed by atoms with Crippen molar-refractivity contribution in [1.82, 2.24) is 15.5 Å². The first kappa shape index (κ1) is 23.8. The highest BCUT2D eigenvalue weighted by Gasteiger charge is 2.29. The molecule has 0 spiro atoms. The molecule has 0 bridgehead atoms. The summed E-state index contributed by atoms with van der Waals surface area (Å²) in [7, 11) is 1.68. The van der Waals surface area contributed by atoms with E-state index in [0.717, 1.165) is 42.8 Å². The van der Waals surface area contributed by atoms with Gasteiger partial charge in [0.05, 0.1) is 19.6 Å². The lowest BCUT2D eigenvalue weighted by molar-refractivity contribution is -0.129. The topological polar surface area (TPSA) is 70.7 Å². The van der Waals surface area contributed by atoms with Crippen LogP contribution in [-0.4, -0.2) is 49.5 Å². The highest BCUT2D eigenvalue weighted by atomic mass is 16.5. The van der Waals surface area contributed by atoms with Gasteiger partial charge in [0.2, 0.25) is 11.8 Å². The summed E-state index contributed by atoms with van der Waals surface area (Å²) in [6.45, 7) is 6.37. The molecule has 2 amide bonds. The van der Waals surface area contributed by atoms with E-state index in [4.69, 9.17) is 4.74 Å². The van der Waals surface area contributed by atoms with E-state index in [9.17, 15) is 9.59 Å². The Bertz CT molecular complexity index is 879. The summed E-state index contributed by atoms with van der Waals surface area (Å²) in [6, 6.07) is 17.0. The Morgan fingerprint density at radius 1 is 1.00 bits per heavy atom. The van der Waals surface area contributed by atoms with E-state index in [2.05, 4.69) is 21.6 Å². The number of hydrogen-bond donors (Lipinski definition) is 2. The molecule has 6 heteroatoms. The summed E-state index contributed by atoms with van der Waals surface area (Å²) in [5.74, 6) is 0.507. The highest BCUT2D eigenvalue weighted by Crippen LogP contribution is 2.31. The standard InChI is InChI=1S/C26H35N3O3/c1-19(2)25(28-24(30)17-20-11-5-4-6-12-20)26(31)27-18-22(29-15-9-10-16-29)21-13-7-8-14-23(21)32-3/h4-8,11-14,19,22,25H,9-10,15-18H2,1-3H3,(H,27,31)(H,28,30)/t22-,25+/m1/s1. The fourth-order valence-corrected chi connectivity index (χ4v) is 4.28. The van der Waals surface area contributed by atoms with Gasteiger partial charge in [-0.15, -0.1) is 0 Å². The third-order valence-corrected chi connectivity index (χ3v) is 6.02. The molecule has 1 heterocycles. The Morgan fingerprint density at radius 2 is 1.66 bits per heavy atom. The first-order valence-corrected chi connectivity index (χ1v) is 11.5. The molecule has 0 radical (unpaired) electrons. The van der Waals surface area contributed by atoms with Crippen molar-refractivity contribution < 1.29 is 14.3 Å². The average molecular weight is 438 g/mol. The van der Waals surface area contributed by atoms with Crippen LogP contribution in [0.3, 0.4) is 0 Å². The maximum Gasteiger partial charge on any atom is 0.242 e. The Hall–Kier alpha value is -2.86. The molecule has 2 atom stereocenters. The largest absolute Gasteiger partial charge is 0.496 e. The normalized spacial score (nSPS) is 15.9. The third-order valence-electron chi connectivity index (χ3n) is 6.02. The van der Waals surface area contributed by atoms with E-state index in [0.29, 0.717) is 6.54 Å². The summed E-state index contributed by atoms with van der Waals surface area (Å²) < 4.78 is 5.59. The van der Waals surface area contributed by atoms with Crippen LogP contribution in [0.2, 0.25) is 0 Å². The maximum absolute atomic E-state index is 13.1. The van der Waals surface area contributed by atoms with Gasteiger partial charge in [-0.05, 0) is 43.5 Å². The van der Waals surface area contributed by atoms with Crippen molar-refractivity contribution in [3.63, 3.8) is 0 Å². The Balaban J connectivity index is 1.66. The van der Waals surface area contributed by atoms with Crippen LogP contribution in [0.15, 0.2) is 54.6 Å². The molecule has 1 fully saturated rings. The molecule has 0 unspecified atom stereocenters. The molecule has 172 valence electrons. The van der Waals surface area contributed by atoms with Gasteiger partial charge < -0.3 is 15.4 Å². The summed E-state index contributed by atoms with van der Waals surface area (Å²) >= 11 is 0. The predicted molar refractivity (Wildman–Crippen MR) is 126 cm³/mol. The molecule has 2 aromatic carbocycles. The lowest BCUT2D eigenvalue weighted by Gasteiger charge is -2.30. The average Bonchev–Trinajstić information content (AvgIpc) is 3.33. The van der Waals surface area contributed by atoms with Crippen LogP contribution in [0.25, 0.3) is 0 Å². The van der Waals surface area contributed by atoms with Crippen LogP contribution in [0.4, 0.5) is 0 Å². The van der Waals surface area contributed by atoms with Gasteiger partial charge in [0.25, 0.3) is 0 Å². The maximum atomic E-state index is 13.1. The van der Waals surface area contributed by atoms with Crippen molar-refractivity contribution in [2.45, 2.75) is 45.2 Å². The molecule has 0 aliphatic carbocycles. The number of methoxy groups -OCH3 is 1. The Labute approximate surface area is 191 Å². The second kappa shape index (κ2) is 11.7. The number of ether oxygens (including phenoxy) is 1. The van der Waals surface area contributed by atoms with Crippen molar-refractivity contribution in [3.8, 4) is 5.75 Å². The first-order chi connectivity index (χ1) is 15.5. The van der Waals surface area contributed by atoms with E-state index in [1.165, 1.54) is 0 Å². The molecule has 32 heavy (non-hydrogen) atoms. The van der Waals surface area contributed by atoms with Crippen LogP contribution < -0.4 is 15.4 Å². The highest BCUT2D eigenvalue weighted by molar-refractivity contribution is 5.88. The number of nitrogens with zero attached hydrogens (tertiary/aromatic N) is 1. The summed E-state index contributed by atoms with van der Waals surface area (Å²) in [4.78, 5) is 28.1. The zero-order chi connectivity index (χ0) is 22.9. The monoisotopic (exact) mass is 437 g/mol. The Morgan fingerprint density at radius 3 is 2.31 bits per heavy atom. The van der Waals surface area contributed by atoms with E-state index in [1.807, 2.05) is 62.4 Å². The van der Waals surface area contributed by atoms with Gasteiger partial charge in [0.1, 0.15) is 11.8 Å².